The summed E-state index contributed by atoms with van der Waals surface area (Å²) in [5.74, 6) is 2.69. The lowest BCUT2D eigenvalue weighted by Crippen LogP contribution is -2.31. The number of aliphatic hydroxyl groups is 1. The highest BCUT2D eigenvalue weighted by Gasteiger charge is 2.34. The topological polar surface area (TPSA) is 61.3 Å². The van der Waals surface area contributed by atoms with E-state index in [-0.39, 0.29) is 5.41 Å². The summed E-state index contributed by atoms with van der Waals surface area (Å²) in [6.45, 7) is 14.7. The maximum absolute atomic E-state index is 10.2. The number of hydrogen-bond donors (Lipinski definition) is 2. The second kappa shape index (κ2) is 5.44. The van der Waals surface area contributed by atoms with Gasteiger partial charge in [0.05, 0.1) is 5.60 Å². The minimum atomic E-state index is -0.627. The number of nitrogens with zero attached hydrogens (tertiary/aromatic N) is 3. The number of rotatable bonds is 3. The van der Waals surface area contributed by atoms with Gasteiger partial charge in [-0.25, -0.2) is 9.97 Å². The maximum Gasteiger partial charge on any atom is 0.138 e. The summed E-state index contributed by atoms with van der Waals surface area (Å²) in [4.78, 5) is 11.7. The lowest BCUT2D eigenvalue weighted by molar-refractivity contribution is 0.0839. The second-order valence-corrected chi connectivity index (χ2v) is 7.29. The molecular weight excluding hydrogens is 264 g/mol. The molecule has 2 N–H and O–H groups in total. The molecule has 5 heteroatoms. The third kappa shape index (κ3) is 3.46. The van der Waals surface area contributed by atoms with E-state index in [0.29, 0.717) is 6.54 Å². The van der Waals surface area contributed by atoms with Gasteiger partial charge < -0.3 is 15.3 Å². The smallest absolute Gasteiger partial charge is 0.138 e. The SMILES string of the molecule is CCNc1nc(C(C)(C)C)nc(N2CCC(C)(O)C2)c1C. The largest absolute Gasteiger partial charge is 0.388 e. The number of aromatic nitrogens is 2. The van der Waals surface area contributed by atoms with Crippen molar-refractivity contribution in [2.75, 3.05) is 29.9 Å². The number of anilines is 2. The quantitative estimate of drug-likeness (QED) is 0.896. The molecule has 0 spiro atoms. The van der Waals surface area contributed by atoms with Gasteiger partial charge in [-0.2, -0.15) is 0 Å². The summed E-state index contributed by atoms with van der Waals surface area (Å²) in [5, 5.41) is 13.6. The number of nitrogens with one attached hydrogen (secondary N) is 1. The molecule has 0 aromatic carbocycles. The molecule has 118 valence electrons. The second-order valence-electron chi connectivity index (χ2n) is 7.29. The van der Waals surface area contributed by atoms with Crippen molar-refractivity contribution in [3.63, 3.8) is 0 Å². The first-order valence-electron chi connectivity index (χ1n) is 7.74. The van der Waals surface area contributed by atoms with Gasteiger partial charge in [-0.15, -0.1) is 0 Å². The van der Waals surface area contributed by atoms with Gasteiger partial charge in [0.25, 0.3) is 0 Å². The third-order valence-electron chi connectivity index (χ3n) is 3.89. The van der Waals surface area contributed by atoms with E-state index in [1.54, 1.807) is 0 Å². The Hall–Kier alpha value is -1.36. The van der Waals surface area contributed by atoms with Crippen LogP contribution < -0.4 is 10.2 Å². The van der Waals surface area contributed by atoms with Gasteiger partial charge in [0, 0.05) is 30.6 Å². The first kappa shape index (κ1) is 16.0. The molecule has 0 bridgehead atoms. The first-order valence-corrected chi connectivity index (χ1v) is 7.74. The molecule has 21 heavy (non-hydrogen) atoms. The van der Waals surface area contributed by atoms with Crippen LogP contribution in [0.25, 0.3) is 0 Å². The van der Waals surface area contributed by atoms with E-state index >= 15 is 0 Å². The van der Waals surface area contributed by atoms with Crippen LogP contribution in [-0.4, -0.2) is 40.3 Å². The number of β-amino-alcohol motifs (C(OH)–C–C–N with tert-alkyl or cyclic N) is 1. The van der Waals surface area contributed by atoms with Crippen molar-refractivity contribution < 1.29 is 5.11 Å². The Kier molecular flexibility index (Phi) is 4.15. The van der Waals surface area contributed by atoms with E-state index in [4.69, 9.17) is 9.97 Å². The van der Waals surface area contributed by atoms with Gasteiger partial charge in [0.2, 0.25) is 0 Å². The van der Waals surface area contributed by atoms with E-state index in [0.717, 1.165) is 42.5 Å². The Bertz CT molecular complexity index is 520. The van der Waals surface area contributed by atoms with Gasteiger partial charge in [0.15, 0.2) is 0 Å². The third-order valence-corrected chi connectivity index (χ3v) is 3.89. The van der Waals surface area contributed by atoms with Gasteiger partial charge in [-0.3, -0.25) is 0 Å². The van der Waals surface area contributed by atoms with Crippen molar-refractivity contribution in [1.82, 2.24) is 9.97 Å². The van der Waals surface area contributed by atoms with Crippen LogP contribution in [0.4, 0.5) is 11.6 Å². The lowest BCUT2D eigenvalue weighted by Gasteiger charge is -2.26. The predicted molar refractivity (Wildman–Crippen MR) is 87.1 cm³/mol. The summed E-state index contributed by atoms with van der Waals surface area (Å²) in [7, 11) is 0. The maximum atomic E-state index is 10.2. The minimum Gasteiger partial charge on any atom is -0.388 e. The summed E-state index contributed by atoms with van der Waals surface area (Å²) in [6.07, 6.45) is 0.776. The van der Waals surface area contributed by atoms with Crippen molar-refractivity contribution in [3.05, 3.63) is 11.4 Å². The molecule has 1 atom stereocenters. The van der Waals surface area contributed by atoms with E-state index in [1.807, 2.05) is 13.8 Å². The molecule has 1 aromatic rings. The van der Waals surface area contributed by atoms with Crippen LogP contribution in [0.1, 0.15) is 52.4 Å². The van der Waals surface area contributed by atoms with Gasteiger partial charge >= 0.3 is 0 Å². The normalized spacial score (nSPS) is 22.7. The monoisotopic (exact) mass is 292 g/mol. The zero-order chi connectivity index (χ0) is 15.8. The van der Waals surface area contributed by atoms with Crippen LogP contribution >= 0.6 is 0 Å². The van der Waals surface area contributed by atoms with Crippen LogP contribution in [0.5, 0.6) is 0 Å². The number of hydrogen-bond acceptors (Lipinski definition) is 5. The standard InChI is InChI=1S/C16H28N4O/c1-7-17-12-11(2)13(19-14(18-12)15(3,4)5)20-9-8-16(6,21)10-20/h21H,7-10H2,1-6H3,(H,17,18,19). The summed E-state index contributed by atoms with van der Waals surface area (Å²) in [5.41, 5.74) is 0.328. The molecule has 1 fully saturated rings. The summed E-state index contributed by atoms with van der Waals surface area (Å²) >= 11 is 0. The van der Waals surface area contributed by atoms with Crippen LogP contribution in [0, 0.1) is 6.92 Å². The van der Waals surface area contributed by atoms with Crippen molar-refractivity contribution in [2.45, 2.75) is 59.0 Å². The van der Waals surface area contributed by atoms with Crippen molar-refractivity contribution >= 4 is 11.6 Å². The fourth-order valence-electron chi connectivity index (χ4n) is 2.61. The van der Waals surface area contributed by atoms with E-state index in [2.05, 4.69) is 37.9 Å². The van der Waals surface area contributed by atoms with Gasteiger partial charge in [0.1, 0.15) is 17.5 Å². The molecule has 0 saturated carbocycles. The molecule has 2 heterocycles. The minimum absolute atomic E-state index is 0.102. The molecule has 0 radical (unpaired) electrons. The highest BCUT2D eigenvalue weighted by atomic mass is 16.3. The lowest BCUT2D eigenvalue weighted by atomic mass is 9.95. The van der Waals surface area contributed by atoms with Crippen molar-refractivity contribution in [3.8, 4) is 0 Å². The average Bonchev–Trinajstić information content (AvgIpc) is 2.71. The molecule has 1 aromatic heterocycles. The highest BCUT2D eigenvalue weighted by Crippen LogP contribution is 2.32. The Labute approximate surface area is 127 Å². The van der Waals surface area contributed by atoms with Crippen LogP contribution in [-0.2, 0) is 5.41 Å². The highest BCUT2D eigenvalue weighted by molar-refractivity contribution is 5.59. The molecule has 1 aliphatic heterocycles. The van der Waals surface area contributed by atoms with E-state index in [9.17, 15) is 5.11 Å². The Morgan fingerprint density at radius 1 is 1.33 bits per heavy atom. The molecule has 1 aliphatic rings. The van der Waals surface area contributed by atoms with Crippen LogP contribution in [0.3, 0.4) is 0 Å². The van der Waals surface area contributed by atoms with Crippen LogP contribution in [0.15, 0.2) is 0 Å². The molecule has 0 amide bonds. The molecule has 5 nitrogen and oxygen atoms in total. The zero-order valence-electron chi connectivity index (χ0n) is 14.1. The summed E-state index contributed by atoms with van der Waals surface area (Å²) in [6, 6.07) is 0. The fraction of sp³-hybridized carbons (Fsp3) is 0.750. The Morgan fingerprint density at radius 2 is 2.00 bits per heavy atom. The van der Waals surface area contributed by atoms with E-state index in [1.165, 1.54) is 0 Å². The molecular formula is C16H28N4O. The predicted octanol–water partition coefficient (Wildman–Crippen LogP) is 2.48. The van der Waals surface area contributed by atoms with E-state index < -0.39 is 5.60 Å². The molecule has 1 saturated heterocycles. The van der Waals surface area contributed by atoms with Gasteiger partial charge in [-0.05, 0) is 27.2 Å². The molecule has 0 aliphatic carbocycles. The first-order chi connectivity index (χ1) is 9.64. The van der Waals surface area contributed by atoms with Crippen molar-refractivity contribution in [1.29, 1.82) is 0 Å². The fourth-order valence-corrected chi connectivity index (χ4v) is 2.61. The van der Waals surface area contributed by atoms with Crippen molar-refractivity contribution in [2.24, 2.45) is 0 Å². The molecule has 2 rings (SSSR count). The average molecular weight is 292 g/mol. The molecule has 1 unspecified atom stereocenters. The zero-order valence-corrected chi connectivity index (χ0v) is 14.1. The summed E-state index contributed by atoms with van der Waals surface area (Å²) < 4.78 is 0. The van der Waals surface area contributed by atoms with Crippen LogP contribution in [0.2, 0.25) is 0 Å². The Morgan fingerprint density at radius 3 is 2.48 bits per heavy atom. The Balaban J connectivity index is 2.46. The van der Waals surface area contributed by atoms with Gasteiger partial charge in [-0.1, -0.05) is 20.8 Å².